The van der Waals surface area contributed by atoms with Crippen LogP contribution in [0, 0.1) is 6.92 Å². The maximum Gasteiger partial charge on any atom is 0.118 e. The monoisotopic (exact) mass is 238 g/mol. The van der Waals surface area contributed by atoms with E-state index in [9.17, 15) is 0 Å². The van der Waals surface area contributed by atoms with Crippen molar-refractivity contribution in [2.24, 2.45) is 0 Å². The second-order valence-electron chi connectivity index (χ2n) is 4.71. The van der Waals surface area contributed by atoms with Crippen LogP contribution in [0.4, 0.5) is 0 Å². The molecule has 98 valence electrons. The Bertz CT molecular complexity index is 320. The van der Waals surface area contributed by atoms with E-state index in [1.807, 2.05) is 0 Å². The molecule has 3 nitrogen and oxygen atoms in total. The van der Waals surface area contributed by atoms with Gasteiger partial charge in [-0.25, -0.2) is 0 Å². The van der Waals surface area contributed by atoms with Crippen molar-refractivity contribution in [3.05, 3.63) is 23.2 Å². The predicted octanol–water partition coefficient (Wildman–Crippen LogP) is 2.93. The highest BCUT2D eigenvalue weighted by Crippen LogP contribution is 2.16. The number of hydrogen-bond acceptors (Lipinski definition) is 3. The second-order valence-corrected chi connectivity index (χ2v) is 4.71. The average molecular weight is 238 g/mol. The minimum Gasteiger partial charge on any atom is -0.465 e. The van der Waals surface area contributed by atoms with Crippen molar-refractivity contribution in [2.75, 3.05) is 20.1 Å². The molecule has 17 heavy (non-hydrogen) atoms. The van der Waals surface area contributed by atoms with Gasteiger partial charge >= 0.3 is 0 Å². The number of furan rings is 1. The highest BCUT2D eigenvalue weighted by atomic mass is 16.3. The van der Waals surface area contributed by atoms with Gasteiger partial charge < -0.3 is 14.6 Å². The summed E-state index contributed by atoms with van der Waals surface area (Å²) in [5.74, 6) is 2.11. The van der Waals surface area contributed by atoms with Crippen LogP contribution in [0.25, 0.3) is 0 Å². The minimum atomic E-state index is 0.839. The number of hydrogen-bond donors (Lipinski definition) is 1. The van der Waals surface area contributed by atoms with Gasteiger partial charge in [-0.05, 0) is 46.0 Å². The van der Waals surface area contributed by atoms with Gasteiger partial charge in [0, 0.05) is 12.1 Å². The first-order valence-corrected chi connectivity index (χ1v) is 6.64. The van der Waals surface area contributed by atoms with Gasteiger partial charge in [-0.15, -0.1) is 0 Å². The van der Waals surface area contributed by atoms with E-state index < -0.39 is 0 Å². The number of nitrogens with one attached hydrogen (secondary N) is 1. The van der Waals surface area contributed by atoms with Crippen LogP contribution in [-0.4, -0.2) is 25.0 Å². The maximum atomic E-state index is 5.75. The standard InChI is InChI=1S/C14H26N2O/c1-5-7-15-10-14-9-13(12(3)17-14)11-16(4)8-6-2/h9,15H,5-8,10-11H2,1-4H3. The molecule has 0 aromatic carbocycles. The zero-order chi connectivity index (χ0) is 12.7. The Kier molecular flexibility index (Phi) is 6.30. The largest absolute Gasteiger partial charge is 0.465 e. The molecule has 1 aromatic rings. The summed E-state index contributed by atoms with van der Waals surface area (Å²) in [5.41, 5.74) is 1.31. The molecule has 0 aliphatic carbocycles. The van der Waals surface area contributed by atoms with Crippen LogP contribution in [0.2, 0.25) is 0 Å². The van der Waals surface area contributed by atoms with Crippen molar-refractivity contribution in [1.82, 2.24) is 10.2 Å². The normalized spacial score (nSPS) is 11.4. The number of nitrogens with zero attached hydrogens (tertiary/aromatic N) is 1. The lowest BCUT2D eigenvalue weighted by atomic mass is 10.2. The van der Waals surface area contributed by atoms with E-state index in [1.165, 1.54) is 12.0 Å². The van der Waals surface area contributed by atoms with Crippen molar-refractivity contribution >= 4 is 0 Å². The van der Waals surface area contributed by atoms with Gasteiger partial charge in [0.2, 0.25) is 0 Å². The third kappa shape index (κ3) is 4.92. The first-order valence-electron chi connectivity index (χ1n) is 6.64. The fourth-order valence-corrected chi connectivity index (χ4v) is 1.97. The Morgan fingerprint density at radius 1 is 1.29 bits per heavy atom. The second kappa shape index (κ2) is 7.51. The SMILES string of the molecule is CCCNCc1cc(CN(C)CCC)c(C)o1. The van der Waals surface area contributed by atoms with Crippen LogP contribution in [0.1, 0.15) is 43.8 Å². The summed E-state index contributed by atoms with van der Waals surface area (Å²) >= 11 is 0. The lowest BCUT2D eigenvalue weighted by molar-refractivity contribution is 0.324. The molecule has 0 spiro atoms. The summed E-state index contributed by atoms with van der Waals surface area (Å²) in [5, 5.41) is 3.36. The Morgan fingerprint density at radius 3 is 2.71 bits per heavy atom. The molecule has 0 radical (unpaired) electrons. The van der Waals surface area contributed by atoms with Crippen molar-refractivity contribution in [1.29, 1.82) is 0 Å². The van der Waals surface area contributed by atoms with Gasteiger partial charge in [-0.2, -0.15) is 0 Å². The summed E-state index contributed by atoms with van der Waals surface area (Å²) in [7, 11) is 2.16. The topological polar surface area (TPSA) is 28.4 Å². The zero-order valence-corrected chi connectivity index (χ0v) is 11.7. The average Bonchev–Trinajstić information content (AvgIpc) is 2.60. The summed E-state index contributed by atoms with van der Waals surface area (Å²) in [4.78, 5) is 2.33. The van der Waals surface area contributed by atoms with Crippen LogP contribution < -0.4 is 5.32 Å². The van der Waals surface area contributed by atoms with E-state index in [1.54, 1.807) is 0 Å². The zero-order valence-electron chi connectivity index (χ0n) is 11.7. The molecule has 0 saturated carbocycles. The lowest BCUT2D eigenvalue weighted by Crippen LogP contribution is -2.18. The number of aryl methyl sites for hydroxylation is 1. The molecule has 0 bridgehead atoms. The summed E-state index contributed by atoms with van der Waals surface area (Å²) in [6, 6.07) is 2.18. The summed E-state index contributed by atoms with van der Waals surface area (Å²) in [6.45, 7) is 10.4. The predicted molar refractivity (Wildman–Crippen MR) is 72.1 cm³/mol. The van der Waals surface area contributed by atoms with E-state index in [4.69, 9.17) is 4.42 Å². The lowest BCUT2D eigenvalue weighted by Gasteiger charge is -2.14. The van der Waals surface area contributed by atoms with Crippen molar-refractivity contribution < 1.29 is 4.42 Å². The summed E-state index contributed by atoms with van der Waals surface area (Å²) < 4.78 is 5.75. The molecule has 0 amide bonds. The van der Waals surface area contributed by atoms with E-state index in [0.29, 0.717) is 0 Å². The van der Waals surface area contributed by atoms with Gasteiger partial charge in [-0.3, -0.25) is 0 Å². The molecule has 1 rings (SSSR count). The number of rotatable bonds is 8. The first kappa shape index (κ1) is 14.3. The van der Waals surface area contributed by atoms with Crippen molar-refractivity contribution in [3.8, 4) is 0 Å². The van der Waals surface area contributed by atoms with Crippen LogP contribution in [-0.2, 0) is 13.1 Å². The molecule has 1 heterocycles. The molecule has 0 atom stereocenters. The first-order chi connectivity index (χ1) is 8.17. The van der Waals surface area contributed by atoms with Crippen LogP contribution in [0.5, 0.6) is 0 Å². The van der Waals surface area contributed by atoms with Gasteiger partial charge in [0.15, 0.2) is 0 Å². The summed E-state index contributed by atoms with van der Waals surface area (Å²) in [6.07, 6.45) is 2.35. The van der Waals surface area contributed by atoms with Crippen LogP contribution in [0.3, 0.4) is 0 Å². The van der Waals surface area contributed by atoms with Crippen LogP contribution >= 0.6 is 0 Å². The Labute approximate surface area is 105 Å². The fourth-order valence-electron chi connectivity index (χ4n) is 1.97. The molecular formula is C14H26N2O. The molecule has 1 aromatic heterocycles. The van der Waals surface area contributed by atoms with Crippen molar-refractivity contribution in [2.45, 2.75) is 46.7 Å². The Morgan fingerprint density at radius 2 is 2.06 bits per heavy atom. The van der Waals surface area contributed by atoms with Gasteiger partial charge in [-0.1, -0.05) is 13.8 Å². The van der Waals surface area contributed by atoms with E-state index in [-0.39, 0.29) is 0 Å². The highest BCUT2D eigenvalue weighted by Gasteiger charge is 2.08. The molecule has 1 N–H and O–H groups in total. The van der Waals surface area contributed by atoms with Gasteiger partial charge in [0.05, 0.1) is 6.54 Å². The van der Waals surface area contributed by atoms with Gasteiger partial charge in [0.25, 0.3) is 0 Å². The van der Waals surface area contributed by atoms with Crippen LogP contribution in [0.15, 0.2) is 10.5 Å². The Hall–Kier alpha value is -0.800. The fraction of sp³-hybridized carbons (Fsp3) is 0.714. The quantitative estimate of drug-likeness (QED) is 0.706. The third-order valence-corrected chi connectivity index (χ3v) is 2.84. The molecular weight excluding hydrogens is 212 g/mol. The van der Waals surface area contributed by atoms with Gasteiger partial charge in [0.1, 0.15) is 11.5 Å². The third-order valence-electron chi connectivity index (χ3n) is 2.84. The highest BCUT2D eigenvalue weighted by molar-refractivity contribution is 5.20. The van der Waals surface area contributed by atoms with Crippen molar-refractivity contribution in [3.63, 3.8) is 0 Å². The molecule has 0 aliphatic rings. The molecule has 3 heteroatoms. The van der Waals surface area contributed by atoms with E-state index >= 15 is 0 Å². The van der Waals surface area contributed by atoms with E-state index in [2.05, 4.69) is 44.1 Å². The minimum absolute atomic E-state index is 0.839. The molecule has 0 saturated heterocycles. The molecule has 0 aliphatic heterocycles. The smallest absolute Gasteiger partial charge is 0.118 e. The molecule has 0 unspecified atom stereocenters. The molecule has 0 fully saturated rings. The van der Waals surface area contributed by atoms with E-state index in [0.717, 1.165) is 44.1 Å². The Balaban J connectivity index is 2.49. The maximum absolute atomic E-state index is 5.75.